The zero-order chi connectivity index (χ0) is 8.78. The topological polar surface area (TPSA) is 34.1 Å². The van der Waals surface area contributed by atoms with E-state index in [0.717, 1.165) is 0 Å². The number of hydrogen-bond donors (Lipinski definition) is 0. The predicted molar refractivity (Wildman–Crippen MR) is 28.1 cm³/mol. The molecule has 0 heterocycles. The molecule has 0 aromatic carbocycles. The van der Waals surface area contributed by atoms with Crippen molar-refractivity contribution < 1.29 is 42.2 Å². The number of halogens is 3. The maximum Gasteiger partial charge on any atom is 0.298 e. The third kappa shape index (κ3) is 77.3. The number of Topliss-reactive ketones (excluding diaryl/α,β-unsaturated/α-hetero) is 1. The minimum atomic E-state index is -4.76. The van der Waals surface area contributed by atoms with E-state index in [1.165, 1.54) is 13.8 Å². The molecule has 0 aliphatic carbocycles. The molecular formula is C5H6F3O2Zn-. The Bertz CT molecular complexity index is 117. The van der Waals surface area contributed by atoms with E-state index in [9.17, 15) is 18.0 Å². The summed E-state index contributed by atoms with van der Waals surface area (Å²) in [6.45, 7) is 3.06. The fraction of sp³-hybridized carbons (Fsp3) is 0.600. The van der Waals surface area contributed by atoms with Crippen molar-refractivity contribution in [2.45, 2.75) is 20.0 Å². The number of alkyl halides is 3. The second-order valence-electron chi connectivity index (χ2n) is 1.51. The molecule has 6 heteroatoms. The van der Waals surface area contributed by atoms with Crippen LogP contribution in [-0.2, 0) is 29.1 Å². The molecule has 0 unspecified atom stereocenters. The number of hydrogen-bond acceptors (Lipinski definition) is 2. The van der Waals surface area contributed by atoms with Gasteiger partial charge < -0.3 is 9.59 Å². The van der Waals surface area contributed by atoms with Crippen LogP contribution in [-0.4, -0.2) is 18.2 Å². The molecule has 0 bridgehead atoms. The Labute approximate surface area is 74.9 Å². The molecule has 0 aromatic heterocycles. The molecule has 0 rings (SSSR count). The van der Waals surface area contributed by atoms with Gasteiger partial charge in [0.05, 0.1) is 0 Å². The van der Waals surface area contributed by atoms with Gasteiger partial charge in [-0.25, -0.2) is 13.2 Å². The fourth-order valence-corrected chi connectivity index (χ4v) is 0. The second kappa shape index (κ2) is 7.86. The van der Waals surface area contributed by atoms with Crippen LogP contribution in [0.1, 0.15) is 13.8 Å². The molecule has 0 spiro atoms. The number of rotatable bonds is 0. The molecule has 0 atom stereocenters. The molecule has 0 fully saturated rings. The molecule has 0 N–H and O–H groups in total. The smallest absolute Gasteiger partial charge is 0.298 e. The van der Waals surface area contributed by atoms with Crippen molar-refractivity contribution in [3.8, 4) is 0 Å². The van der Waals surface area contributed by atoms with Crippen molar-refractivity contribution in [2.75, 3.05) is 0 Å². The first-order chi connectivity index (χ1) is 4.29. The first-order valence-electron chi connectivity index (χ1n) is 2.23. The summed E-state index contributed by atoms with van der Waals surface area (Å²) in [7, 11) is 0. The summed E-state index contributed by atoms with van der Waals surface area (Å²) in [5.41, 5.74) is 0. The Balaban J connectivity index is -0.000000114. The van der Waals surface area contributed by atoms with Crippen LogP contribution in [0.4, 0.5) is 13.2 Å². The largest absolute Gasteiger partial charge is 0.533 e. The minimum absolute atomic E-state index is 0. The third-order valence-electron chi connectivity index (χ3n) is 0.116. The number of carbonyl (C=O) groups is 1. The van der Waals surface area contributed by atoms with Crippen molar-refractivity contribution in [3.05, 3.63) is 0 Å². The van der Waals surface area contributed by atoms with Crippen molar-refractivity contribution in [1.29, 1.82) is 0 Å². The quantitative estimate of drug-likeness (QED) is 0.455. The summed E-state index contributed by atoms with van der Waals surface area (Å²) < 4.78 is 31.1. The Morgan fingerprint density at radius 1 is 1.27 bits per heavy atom. The van der Waals surface area contributed by atoms with Gasteiger partial charge in [0.1, 0.15) is 5.78 Å². The van der Waals surface area contributed by atoms with Crippen LogP contribution in [0.3, 0.4) is 0 Å². The van der Waals surface area contributed by atoms with E-state index < -0.39 is 6.18 Å². The van der Waals surface area contributed by atoms with E-state index in [1.54, 1.807) is 0 Å². The molecule has 0 aliphatic heterocycles. The van der Waals surface area contributed by atoms with E-state index in [-0.39, 0.29) is 31.5 Å². The van der Waals surface area contributed by atoms with E-state index in [4.69, 9.17) is 4.79 Å². The second-order valence-corrected chi connectivity index (χ2v) is 1.51. The molecule has 0 aliphatic rings. The van der Waals surface area contributed by atoms with E-state index in [1.807, 2.05) is 0 Å². The van der Waals surface area contributed by atoms with Crippen LogP contribution in [0, 0.1) is 0 Å². The normalized spacial score (nSPS) is 8.45. The summed E-state index contributed by atoms with van der Waals surface area (Å²) in [6.07, 6.45) is -4.91. The van der Waals surface area contributed by atoms with Crippen LogP contribution in [0.15, 0.2) is 0 Å². The number of carbonyl (C=O) groups excluding carboxylic acids is 2. The fourth-order valence-electron chi connectivity index (χ4n) is 0. The van der Waals surface area contributed by atoms with Gasteiger partial charge in [-0.05, 0) is 13.8 Å². The summed E-state index contributed by atoms with van der Waals surface area (Å²) in [4.78, 5) is 18.0. The molecule has 2 nitrogen and oxygen atoms in total. The van der Waals surface area contributed by atoms with E-state index >= 15 is 0 Å². The van der Waals surface area contributed by atoms with Crippen LogP contribution >= 0.6 is 0 Å². The summed E-state index contributed by atoms with van der Waals surface area (Å²) in [6, 6.07) is 0. The Hall–Kier alpha value is -0.247. The molecular weight excluding hydrogens is 214 g/mol. The first kappa shape index (κ1) is 17.0. The molecule has 0 aromatic rings. The van der Waals surface area contributed by atoms with E-state index in [2.05, 4.69) is 0 Å². The van der Waals surface area contributed by atoms with Crippen LogP contribution in [0.25, 0.3) is 0 Å². The zero-order valence-corrected chi connectivity index (χ0v) is 9.12. The van der Waals surface area contributed by atoms with Gasteiger partial charge >= 0.3 is 0 Å². The van der Waals surface area contributed by atoms with Crippen molar-refractivity contribution in [3.63, 3.8) is 0 Å². The summed E-state index contributed by atoms with van der Waals surface area (Å²) >= 11 is 0. The van der Waals surface area contributed by atoms with Crippen LogP contribution in [0.2, 0.25) is 0 Å². The molecule has 0 saturated carbocycles. The average molecular weight is 220 g/mol. The van der Waals surface area contributed by atoms with Crippen molar-refractivity contribution >= 4 is 12.1 Å². The molecule has 11 heavy (non-hydrogen) atoms. The third-order valence-corrected chi connectivity index (χ3v) is 0.116. The predicted octanol–water partition coefficient (Wildman–Crippen LogP) is 1.25. The average Bonchev–Trinajstić information content (AvgIpc) is 1.63. The van der Waals surface area contributed by atoms with Gasteiger partial charge in [0.2, 0.25) is 0 Å². The zero-order valence-electron chi connectivity index (χ0n) is 6.16. The Morgan fingerprint density at radius 2 is 1.36 bits per heavy atom. The standard InChI is InChI=1S/C3H6O.C2F3O.Zn/c1-3(2)4;3-2(4,5)1-6;/h1-2H3;;/q;-1;. The van der Waals surface area contributed by atoms with Gasteiger partial charge in [0.15, 0.2) is 0 Å². The van der Waals surface area contributed by atoms with Crippen molar-refractivity contribution in [2.24, 2.45) is 0 Å². The van der Waals surface area contributed by atoms with Gasteiger partial charge in [-0.2, -0.15) is 6.29 Å². The summed E-state index contributed by atoms with van der Waals surface area (Å²) in [5.74, 6) is 0.167. The maximum absolute atomic E-state index is 10.4. The molecule has 62 valence electrons. The van der Waals surface area contributed by atoms with Crippen LogP contribution in [0.5, 0.6) is 0 Å². The Kier molecular flexibility index (Phi) is 12.2. The van der Waals surface area contributed by atoms with Gasteiger partial charge in [0.25, 0.3) is 6.18 Å². The van der Waals surface area contributed by atoms with E-state index in [0.29, 0.717) is 0 Å². The van der Waals surface area contributed by atoms with Gasteiger partial charge in [0, 0.05) is 19.5 Å². The van der Waals surface area contributed by atoms with Crippen LogP contribution < -0.4 is 0 Å². The molecule has 0 radical (unpaired) electrons. The maximum atomic E-state index is 10.4. The molecule has 0 saturated heterocycles. The van der Waals surface area contributed by atoms with Crippen molar-refractivity contribution in [1.82, 2.24) is 0 Å². The van der Waals surface area contributed by atoms with Gasteiger partial charge in [-0.1, -0.05) is 0 Å². The molecule has 0 amide bonds. The monoisotopic (exact) mass is 219 g/mol. The summed E-state index contributed by atoms with van der Waals surface area (Å²) in [5, 5.41) is 0. The first-order valence-corrected chi connectivity index (χ1v) is 2.23. The van der Waals surface area contributed by atoms with Gasteiger partial charge in [-0.15, -0.1) is 0 Å². The SMILES string of the molecule is CC(C)=O.O=[C-]C(F)(F)F.[Zn]. The number of ketones is 1. The minimum Gasteiger partial charge on any atom is -0.533 e. The Morgan fingerprint density at radius 3 is 1.36 bits per heavy atom. The van der Waals surface area contributed by atoms with Gasteiger partial charge in [-0.3, -0.25) is 0 Å².